The molecule has 11 heteroatoms. The number of hydrogen-bond acceptors (Lipinski definition) is 9. The summed E-state index contributed by atoms with van der Waals surface area (Å²) >= 11 is 0. The average molecular weight is 414 g/mol. The van der Waals surface area contributed by atoms with Gasteiger partial charge >= 0.3 is 5.97 Å². The van der Waals surface area contributed by atoms with Crippen LogP contribution in [0.1, 0.15) is 16.1 Å². The van der Waals surface area contributed by atoms with Gasteiger partial charge in [-0.2, -0.15) is 5.26 Å². The van der Waals surface area contributed by atoms with Gasteiger partial charge in [0.25, 0.3) is 5.69 Å². The standard InChI is InChI=1S/C19H22N6O5/c1-30-19(27)18-17(21)13(11-20)12-24(18)14-2-3-15(16(10-14)25(28)29)23-6-4-22(5-7-23)8-9-26/h2-3,10,12,26H,4-9,21H2,1H3. The number of nitrogen functional groups attached to an aromatic ring is 1. The first-order valence-electron chi connectivity index (χ1n) is 9.27. The van der Waals surface area contributed by atoms with Gasteiger partial charge in [0.15, 0.2) is 5.69 Å². The first-order valence-corrected chi connectivity index (χ1v) is 9.27. The summed E-state index contributed by atoms with van der Waals surface area (Å²) in [5, 5.41) is 30.1. The summed E-state index contributed by atoms with van der Waals surface area (Å²) in [6.07, 6.45) is 1.36. The molecule has 0 atom stereocenters. The van der Waals surface area contributed by atoms with E-state index in [-0.39, 0.29) is 29.2 Å². The Morgan fingerprint density at radius 1 is 1.37 bits per heavy atom. The van der Waals surface area contributed by atoms with E-state index in [1.165, 1.54) is 23.9 Å². The molecule has 0 amide bonds. The van der Waals surface area contributed by atoms with Crippen LogP contribution in [0.4, 0.5) is 17.1 Å². The summed E-state index contributed by atoms with van der Waals surface area (Å²) < 4.78 is 6.08. The van der Waals surface area contributed by atoms with Crippen molar-refractivity contribution in [3.8, 4) is 11.8 Å². The van der Waals surface area contributed by atoms with Gasteiger partial charge in [0.2, 0.25) is 0 Å². The van der Waals surface area contributed by atoms with Gasteiger partial charge in [-0.3, -0.25) is 15.0 Å². The number of nitro groups is 1. The summed E-state index contributed by atoms with van der Waals surface area (Å²) in [5.74, 6) is -0.749. The number of nitro benzene ring substituents is 1. The Balaban J connectivity index is 2.00. The molecule has 0 unspecified atom stereocenters. The summed E-state index contributed by atoms with van der Waals surface area (Å²) in [6, 6.07) is 6.51. The second kappa shape index (κ2) is 8.81. The van der Waals surface area contributed by atoms with Gasteiger partial charge < -0.3 is 25.0 Å². The minimum atomic E-state index is -0.749. The van der Waals surface area contributed by atoms with Gasteiger partial charge in [0.1, 0.15) is 11.8 Å². The third-order valence-corrected chi connectivity index (χ3v) is 5.11. The molecule has 0 saturated carbocycles. The van der Waals surface area contributed by atoms with Gasteiger partial charge in [-0.25, -0.2) is 4.79 Å². The van der Waals surface area contributed by atoms with E-state index in [9.17, 15) is 20.2 Å². The number of rotatable bonds is 6. The molecule has 1 aromatic heterocycles. The maximum absolute atomic E-state index is 12.2. The van der Waals surface area contributed by atoms with E-state index in [4.69, 9.17) is 15.6 Å². The van der Waals surface area contributed by atoms with E-state index in [1.807, 2.05) is 11.0 Å². The second-order valence-corrected chi connectivity index (χ2v) is 6.76. The minimum Gasteiger partial charge on any atom is -0.464 e. The summed E-state index contributed by atoms with van der Waals surface area (Å²) in [6.45, 7) is 3.19. The first-order chi connectivity index (χ1) is 14.4. The molecule has 3 rings (SSSR count). The van der Waals surface area contributed by atoms with Crippen LogP contribution in [-0.2, 0) is 4.74 Å². The topological polar surface area (TPSA) is 151 Å². The van der Waals surface area contributed by atoms with Crippen LogP contribution in [0.25, 0.3) is 5.69 Å². The van der Waals surface area contributed by atoms with Crippen LogP contribution in [0.15, 0.2) is 24.4 Å². The molecule has 1 aromatic carbocycles. The Kier molecular flexibility index (Phi) is 6.20. The maximum Gasteiger partial charge on any atom is 0.357 e. The van der Waals surface area contributed by atoms with Gasteiger partial charge in [-0.05, 0) is 12.1 Å². The third kappa shape index (κ3) is 3.91. The molecule has 3 N–H and O–H groups in total. The zero-order valence-electron chi connectivity index (χ0n) is 16.4. The smallest absolute Gasteiger partial charge is 0.357 e. The zero-order valence-corrected chi connectivity index (χ0v) is 16.4. The van der Waals surface area contributed by atoms with E-state index in [0.29, 0.717) is 44.1 Å². The fraction of sp³-hybridized carbons (Fsp3) is 0.368. The summed E-state index contributed by atoms with van der Waals surface area (Å²) in [5.41, 5.74) is 6.53. The van der Waals surface area contributed by atoms with E-state index < -0.39 is 10.9 Å². The zero-order chi connectivity index (χ0) is 21.8. The van der Waals surface area contributed by atoms with Crippen molar-refractivity contribution in [3.63, 3.8) is 0 Å². The molecule has 11 nitrogen and oxygen atoms in total. The lowest BCUT2D eigenvalue weighted by Gasteiger charge is -2.35. The highest BCUT2D eigenvalue weighted by Gasteiger charge is 2.26. The fourth-order valence-corrected chi connectivity index (χ4v) is 3.55. The summed E-state index contributed by atoms with van der Waals surface area (Å²) in [7, 11) is 1.19. The number of nitrogens with zero attached hydrogens (tertiary/aromatic N) is 5. The lowest BCUT2D eigenvalue weighted by Crippen LogP contribution is -2.47. The minimum absolute atomic E-state index is 0.0453. The monoisotopic (exact) mass is 414 g/mol. The van der Waals surface area contributed by atoms with Crippen molar-refractivity contribution in [1.29, 1.82) is 5.26 Å². The second-order valence-electron chi connectivity index (χ2n) is 6.76. The van der Waals surface area contributed by atoms with Crippen molar-refractivity contribution in [1.82, 2.24) is 9.47 Å². The molecule has 1 saturated heterocycles. The predicted molar refractivity (Wildman–Crippen MR) is 109 cm³/mol. The molecular formula is C19H22N6O5. The number of aliphatic hydroxyl groups is 1. The van der Waals surface area contributed by atoms with Crippen molar-refractivity contribution < 1.29 is 19.6 Å². The van der Waals surface area contributed by atoms with Crippen LogP contribution in [0, 0.1) is 21.4 Å². The van der Waals surface area contributed by atoms with Crippen LogP contribution in [0.2, 0.25) is 0 Å². The normalized spacial score (nSPS) is 14.4. The lowest BCUT2D eigenvalue weighted by molar-refractivity contribution is -0.384. The van der Waals surface area contributed by atoms with Crippen molar-refractivity contribution in [2.45, 2.75) is 0 Å². The molecule has 0 bridgehead atoms. The van der Waals surface area contributed by atoms with Crippen molar-refractivity contribution >= 4 is 23.0 Å². The van der Waals surface area contributed by atoms with E-state index in [2.05, 4.69) is 4.90 Å². The van der Waals surface area contributed by atoms with E-state index in [0.717, 1.165) is 0 Å². The van der Waals surface area contributed by atoms with Gasteiger partial charge in [-0.15, -0.1) is 0 Å². The van der Waals surface area contributed by atoms with Gasteiger partial charge in [0, 0.05) is 45.0 Å². The molecule has 2 aromatic rings. The Labute approximate surface area is 172 Å². The number of piperazine rings is 1. The molecule has 0 radical (unpaired) electrons. The largest absolute Gasteiger partial charge is 0.464 e. The first kappa shape index (κ1) is 21.1. The molecule has 0 spiro atoms. The van der Waals surface area contributed by atoms with Gasteiger partial charge in [0.05, 0.1) is 35.6 Å². The molecule has 1 fully saturated rings. The fourth-order valence-electron chi connectivity index (χ4n) is 3.55. The third-order valence-electron chi connectivity index (χ3n) is 5.11. The molecule has 2 heterocycles. The number of nitriles is 1. The van der Waals surface area contributed by atoms with E-state index >= 15 is 0 Å². The van der Waals surface area contributed by atoms with Crippen molar-refractivity contribution in [3.05, 3.63) is 45.8 Å². The number of aromatic nitrogens is 1. The SMILES string of the molecule is COC(=O)c1c(N)c(C#N)cn1-c1ccc(N2CCN(CCO)CC2)c([N+](=O)[O-])c1. The number of β-amino-alcohol motifs (C(OH)–C–C–N with tert-alkyl or cyclic N) is 1. The Morgan fingerprint density at radius 2 is 2.07 bits per heavy atom. The highest BCUT2D eigenvalue weighted by molar-refractivity contribution is 5.96. The number of methoxy groups -OCH3 is 1. The predicted octanol–water partition coefficient (Wildman–Crippen LogP) is 0.740. The highest BCUT2D eigenvalue weighted by atomic mass is 16.6. The van der Waals surface area contributed by atoms with E-state index in [1.54, 1.807) is 12.1 Å². The number of anilines is 2. The lowest BCUT2D eigenvalue weighted by atomic mass is 10.2. The molecule has 0 aliphatic carbocycles. The molecular weight excluding hydrogens is 392 g/mol. The number of ether oxygens (including phenoxy) is 1. The van der Waals surface area contributed by atoms with Crippen LogP contribution in [-0.4, -0.2) is 71.9 Å². The van der Waals surface area contributed by atoms with Crippen LogP contribution in [0.3, 0.4) is 0 Å². The molecule has 1 aliphatic heterocycles. The number of nitrogens with two attached hydrogens (primary N) is 1. The maximum atomic E-state index is 12.2. The highest BCUT2D eigenvalue weighted by Crippen LogP contribution is 2.33. The number of aliphatic hydroxyl groups excluding tert-OH is 1. The van der Waals surface area contributed by atoms with Crippen LogP contribution >= 0.6 is 0 Å². The summed E-state index contributed by atoms with van der Waals surface area (Å²) in [4.78, 5) is 27.5. The van der Waals surface area contributed by atoms with Gasteiger partial charge in [-0.1, -0.05) is 0 Å². The van der Waals surface area contributed by atoms with Crippen molar-refractivity contribution in [2.24, 2.45) is 0 Å². The number of carbonyl (C=O) groups is 1. The number of esters is 1. The van der Waals surface area contributed by atoms with Crippen LogP contribution in [0.5, 0.6) is 0 Å². The average Bonchev–Trinajstić information content (AvgIpc) is 3.09. The Bertz CT molecular complexity index is 1000. The molecule has 1 aliphatic rings. The van der Waals surface area contributed by atoms with Crippen LogP contribution < -0.4 is 10.6 Å². The Morgan fingerprint density at radius 3 is 2.63 bits per heavy atom. The number of benzene rings is 1. The Hall–Kier alpha value is -3.62. The number of hydrogen-bond donors (Lipinski definition) is 2. The van der Waals surface area contributed by atoms with Crippen molar-refractivity contribution in [2.75, 3.05) is 57.1 Å². The molecule has 30 heavy (non-hydrogen) atoms. The quantitative estimate of drug-likeness (QED) is 0.396. The molecule has 158 valence electrons. The number of carbonyl (C=O) groups excluding carboxylic acids is 1.